The van der Waals surface area contributed by atoms with Gasteiger partial charge in [-0.15, -0.1) is 0 Å². The molecule has 2 nitrogen and oxygen atoms in total. The average molecular weight is 302 g/mol. The predicted molar refractivity (Wildman–Crippen MR) is 85.9 cm³/mol. The summed E-state index contributed by atoms with van der Waals surface area (Å²) in [6.07, 6.45) is 2.03. The molecule has 0 aliphatic carbocycles. The van der Waals surface area contributed by atoms with Gasteiger partial charge in [-0.05, 0) is 35.0 Å². The second-order valence-corrected chi connectivity index (χ2v) is 5.96. The van der Waals surface area contributed by atoms with Gasteiger partial charge in [-0.3, -0.25) is 4.79 Å². The Morgan fingerprint density at radius 3 is 2.50 bits per heavy atom. The zero-order valence-corrected chi connectivity index (χ0v) is 12.2. The van der Waals surface area contributed by atoms with E-state index < -0.39 is 0 Å². The molecule has 2 aromatic rings. The Bertz CT molecular complexity index is 679. The molecule has 2 aromatic carbocycles. The molecule has 0 saturated carbocycles. The Kier molecular flexibility index (Phi) is 3.81. The first-order chi connectivity index (χ1) is 9.72. The minimum Gasteiger partial charge on any atom is -0.342 e. The topological polar surface area (TPSA) is 29.1 Å². The van der Waals surface area contributed by atoms with Crippen LogP contribution in [0, 0.1) is 0 Å². The van der Waals surface area contributed by atoms with E-state index in [4.69, 9.17) is 11.6 Å². The second kappa shape index (κ2) is 5.73. The van der Waals surface area contributed by atoms with Gasteiger partial charge in [0.05, 0.1) is 6.54 Å². The van der Waals surface area contributed by atoms with Crippen LogP contribution >= 0.6 is 23.4 Å². The minimum absolute atomic E-state index is 0.0175. The Morgan fingerprint density at radius 1 is 1.10 bits per heavy atom. The highest BCUT2D eigenvalue weighted by atomic mass is 35.5. The summed E-state index contributed by atoms with van der Waals surface area (Å²) in [6, 6.07) is 16.0. The van der Waals surface area contributed by atoms with Crippen LogP contribution in [0.3, 0.4) is 0 Å². The molecule has 0 spiro atoms. The van der Waals surface area contributed by atoms with Crippen LogP contribution < -0.4 is 5.32 Å². The molecular formula is C16H12ClNOS. The first kappa shape index (κ1) is 13.3. The Labute approximate surface area is 126 Å². The van der Waals surface area contributed by atoms with Crippen molar-refractivity contribution in [3.8, 4) is 11.1 Å². The number of rotatable bonds is 2. The molecule has 0 aromatic heterocycles. The molecule has 1 aliphatic heterocycles. The summed E-state index contributed by atoms with van der Waals surface area (Å²) in [5, 5.41) is 3.54. The van der Waals surface area contributed by atoms with Gasteiger partial charge in [0.2, 0.25) is 0 Å². The van der Waals surface area contributed by atoms with Gasteiger partial charge < -0.3 is 5.32 Å². The fourth-order valence-corrected chi connectivity index (χ4v) is 3.04. The SMILES string of the molecule is O=C1NC/C(=C\c2ccc(-c3ccccc3Cl)cc2)S1. The predicted octanol–water partition coefficient (Wildman–Crippen LogP) is 4.80. The van der Waals surface area contributed by atoms with Crippen molar-refractivity contribution in [3.05, 3.63) is 64.0 Å². The van der Waals surface area contributed by atoms with Crippen LogP contribution in [-0.4, -0.2) is 11.8 Å². The van der Waals surface area contributed by atoms with Crippen molar-refractivity contribution in [2.75, 3.05) is 6.54 Å². The van der Waals surface area contributed by atoms with Crippen LogP contribution in [0.15, 0.2) is 53.4 Å². The van der Waals surface area contributed by atoms with E-state index in [1.165, 1.54) is 11.8 Å². The first-order valence-electron chi connectivity index (χ1n) is 6.23. The maximum atomic E-state index is 11.1. The number of nitrogens with one attached hydrogen (secondary N) is 1. The Morgan fingerprint density at radius 2 is 1.85 bits per heavy atom. The third-order valence-corrected chi connectivity index (χ3v) is 4.24. The maximum Gasteiger partial charge on any atom is 0.283 e. The van der Waals surface area contributed by atoms with Crippen molar-refractivity contribution in [3.63, 3.8) is 0 Å². The highest BCUT2D eigenvalue weighted by Gasteiger charge is 2.14. The van der Waals surface area contributed by atoms with Crippen LogP contribution in [0.2, 0.25) is 5.02 Å². The number of hydrogen-bond donors (Lipinski definition) is 1. The molecule has 4 heteroatoms. The molecule has 0 unspecified atom stereocenters. The van der Waals surface area contributed by atoms with Gasteiger partial charge in [0.15, 0.2) is 0 Å². The summed E-state index contributed by atoms with van der Waals surface area (Å²) in [5.41, 5.74) is 3.20. The summed E-state index contributed by atoms with van der Waals surface area (Å²) >= 11 is 7.44. The largest absolute Gasteiger partial charge is 0.342 e. The fourth-order valence-electron chi connectivity index (χ4n) is 2.07. The van der Waals surface area contributed by atoms with Crippen molar-refractivity contribution < 1.29 is 4.79 Å². The number of thioether (sulfide) groups is 1. The van der Waals surface area contributed by atoms with E-state index in [0.717, 1.165) is 26.6 Å². The van der Waals surface area contributed by atoms with E-state index in [-0.39, 0.29) is 5.24 Å². The molecule has 1 fully saturated rings. The minimum atomic E-state index is 0.0175. The lowest BCUT2D eigenvalue weighted by Crippen LogP contribution is -2.09. The van der Waals surface area contributed by atoms with E-state index in [0.29, 0.717) is 6.54 Å². The van der Waals surface area contributed by atoms with E-state index in [1.807, 2.05) is 54.6 Å². The monoisotopic (exact) mass is 301 g/mol. The van der Waals surface area contributed by atoms with E-state index >= 15 is 0 Å². The zero-order valence-electron chi connectivity index (χ0n) is 10.6. The summed E-state index contributed by atoms with van der Waals surface area (Å²) in [4.78, 5) is 12.2. The van der Waals surface area contributed by atoms with Crippen molar-refractivity contribution in [2.45, 2.75) is 0 Å². The average Bonchev–Trinajstić information content (AvgIpc) is 2.86. The van der Waals surface area contributed by atoms with Crippen LogP contribution in [0.1, 0.15) is 5.56 Å². The highest BCUT2D eigenvalue weighted by Crippen LogP contribution is 2.29. The van der Waals surface area contributed by atoms with Crippen LogP contribution in [-0.2, 0) is 0 Å². The van der Waals surface area contributed by atoms with Crippen molar-refractivity contribution >= 4 is 34.7 Å². The van der Waals surface area contributed by atoms with Crippen molar-refractivity contribution in [1.29, 1.82) is 0 Å². The summed E-state index contributed by atoms with van der Waals surface area (Å²) < 4.78 is 0. The number of carbonyl (C=O) groups excluding carboxylic acids is 1. The summed E-state index contributed by atoms with van der Waals surface area (Å²) in [6.45, 7) is 0.621. The Hall–Kier alpha value is -1.71. The van der Waals surface area contributed by atoms with E-state index in [1.54, 1.807) is 0 Å². The summed E-state index contributed by atoms with van der Waals surface area (Å²) in [5.74, 6) is 0. The molecule has 20 heavy (non-hydrogen) atoms. The molecule has 1 saturated heterocycles. The van der Waals surface area contributed by atoms with Gasteiger partial charge in [-0.1, -0.05) is 54.1 Å². The third-order valence-electron chi connectivity index (χ3n) is 3.05. The van der Waals surface area contributed by atoms with Crippen molar-refractivity contribution in [1.82, 2.24) is 5.32 Å². The molecule has 0 bridgehead atoms. The summed E-state index contributed by atoms with van der Waals surface area (Å²) in [7, 11) is 0. The number of carbonyl (C=O) groups is 1. The van der Waals surface area contributed by atoms with Crippen LogP contribution in [0.5, 0.6) is 0 Å². The number of amides is 1. The van der Waals surface area contributed by atoms with E-state index in [2.05, 4.69) is 5.32 Å². The normalized spacial score (nSPS) is 16.4. The molecule has 1 amide bonds. The third kappa shape index (κ3) is 2.89. The second-order valence-electron chi connectivity index (χ2n) is 4.46. The van der Waals surface area contributed by atoms with Gasteiger partial charge >= 0.3 is 0 Å². The molecule has 100 valence electrons. The zero-order chi connectivity index (χ0) is 13.9. The molecule has 0 atom stereocenters. The highest BCUT2D eigenvalue weighted by molar-refractivity contribution is 8.17. The van der Waals surface area contributed by atoms with Crippen molar-refractivity contribution in [2.24, 2.45) is 0 Å². The van der Waals surface area contributed by atoms with Gasteiger partial charge in [0.25, 0.3) is 5.24 Å². The first-order valence-corrected chi connectivity index (χ1v) is 7.43. The van der Waals surface area contributed by atoms with Crippen LogP contribution in [0.4, 0.5) is 4.79 Å². The van der Waals surface area contributed by atoms with E-state index in [9.17, 15) is 4.79 Å². The van der Waals surface area contributed by atoms with Gasteiger partial charge in [-0.2, -0.15) is 0 Å². The fraction of sp³-hybridized carbons (Fsp3) is 0.0625. The number of benzene rings is 2. The molecule has 0 radical (unpaired) electrons. The lowest BCUT2D eigenvalue weighted by Gasteiger charge is -2.04. The van der Waals surface area contributed by atoms with Gasteiger partial charge in [-0.25, -0.2) is 0 Å². The molecule has 1 aliphatic rings. The number of hydrogen-bond acceptors (Lipinski definition) is 2. The quantitative estimate of drug-likeness (QED) is 0.863. The number of halogens is 1. The smallest absolute Gasteiger partial charge is 0.283 e. The molecule has 1 heterocycles. The Balaban J connectivity index is 1.85. The molecule has 3 rings (SSSR count). The van der Waals surface area contributed by atoms with Gasteiger partial charge in [0.1, 0.15) is 0 Å². The molecule has 1 N–H and O–H groups in total. The lowest BCUT2D eigenvalue weighted by atomic mass is 10.0. The van der Waals surface area contributed by atoms with Gasteiger partial charge in [0, 0.05) is 15.5 Å². The maximum absolute atomic E-state index is 11.1. The standard InChI is InChI=1S/C16H12ClNOS/c17-15-4-2-1-3-14(15)12-7-5-11(6-8-12)9-13-10-18-16(19)20-13/h1-9H,10H2,(H,18,19)/b13-9+. The lowest BCUT2D eigenvalue weighted by molar-refractivity contribution is 0.262. The molecular weight excluding hydrogens is 290 g/mol. The van der Waals surface area contributed by atoms with Crippen LogP contribution in [0.25, 0.3) is 17.2 Å².